The molecule has 110 valence electrons. The number of carbonyl (C=O) groups excluding carboxylic acids is 1. The van der Waals surface area contributed by atoms with Crippen molar-refractivity contribution in [3.63, 3.8) is 0 Å². The summed E-state index contributed by atoms with van der Waals surface area (Å²) in [6.07, 6.45) is 2.82. The number of amides is 1. The van der Waals surface area contributed by atoms with Crippen LogP contribution in [-0.4, -0.2) is 22.8 Å². The van der Waals surface area contributed by atoms with E-state index in [2.05, 4.69) is 29.9 Å². The van der Waals surface area contributed by atoms with E-state index in [1.807, 2.05) is 30.5 Å². The summed E-state index contributed by atoms with van der Waals surface area (Å²) in [7, 11) is 2.09. The smallest absolute Gasteiger partial charge is 0.248 e. The molecular weight excluding hydrogens is 262 g/mol. The Hall–Kier alpha value is -2.20. The molecule has 0 unspecified atom stereocenters. The quantitative estimate of drug-likeness (QED) is 0.886. The van der Waals surface area contributed by atoms with Crippen LogP contribution in [0, 0.1) is 0 Å². The molecule has 0 aliphatic heterocycles. The highest BCUT2D eigenvalue weighted by Crippen LogP contribution is 2.22. The predicted octanol–water partition coefficient (Wildman–Crippen LogP) is 2.76. The van der Waals surface area contributed by atoms with Crippen LogP contribution in [0.3, 0.4) is 0 Å². The molecule has 4 heteroatoms. The van der Waals surface area contributed by atoms with Gasteiger partial charge in [-0.05, 0) is 43.3 Å². The Morgan fingerprint density at radius 1 is 1.24 bits per heavy atom. The van der Waals surface area contributed by atoms with Crippen molar-refractivity contribution in [1.82, 2.24) is 9.88 Å². The van der Waals surface area contributed by atoms with Gasteiger partial charge in [0.2, 0.25) is 5.91 Å². The van der Waals surface area contributed by atoms with Crippen LogP contribution in [0.15, 0.2) is 48.7 Å². The van der Waals surface area contributed by atoms with Crippen molar-refractivity contribution in [3.8, 4) is 0 Å². The zero-order valence-corrected chi connectivity index (χ0v) is 12.5. The van der Waals surface area contributed by atoms with Crippen LogP contribution in [-0.2, 0) is 6.54 Å². The molecule has 0 bridgehead atoms. The van der Waals surface area contributed by atoms with E-state index in [0.29, 0.717) is 5.56 Å². The van der Waals surface area contributed by atoms with E-state index in [1.54, 1.807) is 12.1 Å². The minimum absolute atomic E-state index is 0.280. The maximum atomic E-state index is 11.1. The monoisotopic (exact) mass is 283 g/mol. The molecule has 4 nitrogen and oxygen atoms in total. The van der Waals surface area contributed by atoms with Crippen molar-refractivity contribution in [1.29, 1.82) is 0 Å². The lowest BCUT2D eigenvalue weighted by Crippen LogP contribution is -2.24. The van der Waals surface area contributed by atoms with E-state index in [0.717, 1.165) is 24.2 Å². The number of carbonyl (C=O) groups is 1. The molecule has 21 heavy (non-hydrogen) atoms. The molecule has 0 aliphatic rings. The molecule has 0 saturated heterocycles. The lowest BCUT2D eigenvalue weighted by Gasteiger charge is -2.26. The number of aromatic nitrogens is 1. The van der Waals surface area contributed by atoms with Crippen molar-refractivity contribution in [2.24, 2.45) is 5.73 Å². The normalized spacial score (nSPS) is 12.3. The number of rotatable bonds is 6. The highest BCUT2D eigenvalue weighted by Gasteiger charge is 2.16. The van der Waals surface area contributed by atoms with E-state index in [-0.39, 0.29) is 6.04 Å². The highest BCUT2D eigenvalue weighted by molar-refractivity contribution is 5.92. The minimum Gasteiger partial charge on any atom is -0.366 e. The Balaban J connectivity index is 2.09. The van der Waals surface area contributed by atoms with Crippen LogP contribution in [0.1, 0.15) is 41.0 Å². The lowest BCUT2D eigenvalue weighted by atomic mass is 10.1. The fourth-order valence-corrected chi connectivity index (χ4v) is 2.49. The molecule has 2 aromatic rings. The molecule has 1 aromatic heterocycles. The van der Waals surface area contributed by atoms with Crippen LogP contribution in [0.4, 0.5) is 0 Å². The predicted molar refractivity (Wildman–Crippen MR) is 83.7 cm³/mol. The Kier molecular flexibility index (Phi) is 5.06. The first-order chi connectivity index (χ1) is 10.1. The second-order valence-electron chi connectivity index (χ2n) is 5.15. The van der Waals surface area contributed by atoms with Gasteiger partial charge in [-0.1, -0.05) is 25.1 Å². The second-order valence-corrected chi connectivity index (χ2v) is 5.15. The molecule has 0 aliphatic carbocycles. The van der Waals surface area contributed by atoms with Crippen LogP contribution in [0.2, 0.25) is 0 Å². The molecule has 1 atom stereocenters. The Labute approximate surface area is 125 Å². The number of primary amides is 1. The van der Waals surface area contributed by atoms with Crippen LogP contribution < -0.4 is 5.73 Å². The third-order valence-corrected chi connectivity index (χ3v) is 3.62. The number of hydrogen-bond acceptors (Lipinski definition) is 3. The van der Waals surface area contributed by atoms with Gasteiger partial charge in [-0.25, -0.2) is 0 Å². The second kappa shape index (κ2) is 6.99. The summed E-state index contributed by atoms with van der Waals surface area (Å²) >= 11 is 0. The standard InChI is InChI=1S/C17H21N3O/c1-3-16(15-6-4-5-11-19-15)20(2)12-13-7-9-14(10-8-13)17(18)21/h4-11,16H,3,12H2,1-2H3,(H2,18,21)/t16-/m0/s1. The first-order valence-corrected chi connectivity index (χ1v) is 7.11. The van der Waals surface area contributed by atoms with Crippen molar-refractivity contribution in [2.75, 3.05) is 7.05 Å². The van der Waals surface area contributed by atoms with Gasteiger partial charge in [0.05, 0.1) is 11.7 Å². The summed E-state index contributed by atoms with van der Waals surface area (Å²) in [5.74, 6) is -0.394. The van der Waals surface area contributed by atoms with Crippen LogP contribution >= 0.6 is 0 Å². The zero-order chi connectivity index (χ0) is 15.2. The van der Waals surface area contributed by atoms with Gasteiger partial charge in [-0.2, -0.15) is 0 Å². The number of nitrogens with zero attached hydrogens (tertiary/aromatic N) is 2. The molecule has 2 rings (SSSR count). The Morgan fingerprint density at radius 2 is 1.95 bits per heavy atom. The highest BCUT2D eigenvalue weighted by atomic mass is 16.1. The maximum absolute atomic E-state index is 11.1. The van der Waals surface area contributed by atoms with Gasteiger partial charge in [0, 0.05) is 18.3 Å². The zero-order valence-electron chi connectivity index (χ0n) is 12.5. The summed E-state index contributed by atoms with van der Waals surface area (Å²) < 4.78 is 0. The Morgan fingerprint density at radius 3 is 2.48 bits per heavy atom. The van der Waals surface area contributed by atoms with Gasteiger partial charge in [-0.15, -0.1) is 0 Å². The summed E-state index contributed by atoms with van der Waals surface area (Å²) in [6.45, 7) is 2.96. The molecule has 0 saturated carbocycles. The van der Waals surface area contributed by atoms with Gasteiger partial charge in [-0.3, -0.25) is 14.7 Å². The molecule has 1 amide bonds. The van der Waals surface area contributed by atoms with Crippen molar-refractivity contribution >= 4 is 5.91 Å². The third-order valence-electron chi connectivity index (χ3n) is 3.62. The minimum atomic E-state index is -0.394. The van der Waals surface area contributed by atoms with E-state index >= 15 is 0 Å². The van der Waals surface area contributed by atoms with Crippen molar-refractivity contribution in [3.05, 3.63) is 65.5 Å². The average molecular weight is 283 g/mol. The van der Waals surface area contributed by atoms with Crippen LogP contribution in [0.25, 0.3) is 0 Å². The first-order valence-electron chi connectivity index (χ1n) is 7.11. The van der Waals surface area contributed by atoms with Gasteiger partial charge in [0.25, 0.3) is 0 Å². The molecule has 0 spiro atoms. The Bertz CT molecular complexity index is 581. The maximum Gasteiger partial charge on any atom is 0.248 e. The van der Waals surface area contributed by atoms with E-state index < -0.39 is 5.91 Å². The van der Waals surface area contributed by atoms with E-state index in [1.165, 1.54) is 0 Å². The van der Waals surface area contributed by atoms with Gasteiger partial charge < -0.3 is 5.73 Å². The average Bonchev–Trinajstić information content (AvgIpc) is 2.49. The van der Waals surface area contributed by atoms with Crippen molar-refractivity contribution < 1.29 is 4.79 Å². The number of pyridine rings is 1. The van der Waals surface area contributed by atoms with E-state index in [4.69, 9.17) is 5.73 Å². The summed E-state index contributed by atoms with van der Waals surface area (Å²) in [6, 6.07) is 13.7. The largest absolute Gasteiger partial charge is 0.366 e. The summed E-state index contributed by atoms with van der Waals surface area (Å²) in [4.78, 5) is 17.8. The molecular formula is C17H21N3O. The molecule has 2 N–H and O–H groups in total. The van der Waals surface area contributed by atoms with Gasteiger partial charge in [0.15, 0.2) is 0 Å². The number of benzene rings is 1. The SMILES string of the molecule is CC[C@@H](c1ccccn1)N(C)Cc1ccc(C(N)=O)cc1. The van der Waals surface area contributed by atoms with Gasteiger partial charge >= 0.3 is 0 Å². The lowest BCUT2D eigenvalue weighted by molar-refractivity contribution is 0.100. The molecule has 0 radical (unpaired) electrons. The number of hydrogen-bond donors (Lipinski definition) is 1. The van der Waals surface area contributed by atoms with Crippen molar-refractivity contribution in [2.45, 2.75) is 25.9 Å². The van der Waals surface area contributed by atoms with Gasteiger partial charge in [0.1, 0.15) is 0 Å². The molecule has 1 aromatic carbocycles. The molecule has 1 heterocycles. The van der Waals surface area contributed by atoms with Crippen LogP contribution in [0.5, 0.6) is 0 Å². The topological polar surface area (TPSA) is 59.2 Å². The fourth-order valence-electron chi connectivity index (χ4n) is 2.49. The fraction of sp³-hybridized carbons (Fsp3) is 0.294. The number of nitrogens with two attached hydrogens (primary N) is 1. The summed E-state index contributed by atoms with van der Waals surface area (Å²) in [5.41, 5.74) is 8.02. The first kappa shape index (κ1) is 15.2. The molecule has 0 fully saturated rings. The third kappa shape index (κ3) is 3.89. The van der Waals surface area contributed by atoms with E-state index in [9.17, 15) is 4.79 Å². The summed E-state index contributed by atoms with van der Waals surface area (Å²) in [5, 5.41) is 0.